The van der Waals surface area contributed by atoms with Crippen molar-refractivity contribution < 1.29 is 27.1 Å². The van der Waals surface area contributed by atoms with E-state index in [1.807, 2.05) is 0 Å². The molecule has 1 unspecified atom stereocenters. The van der Waals surface area contributed by atoms with Crippen LogP contribution in [0, 0.1) is 17.5 Å². The van der Waals surface area contributed by atoms with Gasteiger partial charge in [0.25, 0.3) is 5.91 Å². The lowest BCUT2D eigenvalue weighted by Gasteiger charge is -2.37. The van der Waals surface area contributed by atoms with Crippen molar-refractivity contribution in [2.24, 2.45) is 0 Å². The Morgan fingerprint density at radius 3 is 2.47 bits per heavy atom. The van der Waals surface area contributed by atoms with Crippen LogP contribution in [-0.2, 0) is 9.53 Å². The third kappa shape index (κ3) is 3.41. The number of anilines is 1. The molecule has 2 aromatic rings. The molecule has 3 aliphatic heterocycles. The highest BCUT2D eigenvalue weighted by Gasteiger charge is 2.58. The number of piperidine rings is 1. The van der Waals surface area contributed by atoms with E-state index < -0.39 is 41.5 Å². The summed E-state index contributed by atoms with van der Waals surface area (Å²) in [5.74, 6) is -2.14. The maximum absolute atomic E-state index is 13.7. The van der Waals surface area contributed by atoms with Crippen LogP contribution in [0.4, 0.5) is 23.5 Å². The zero-order valence-corrected chi connectivity index (χ0v) is 17.4. The monoisotopic (exact) mass is 450 g/mol. The molecule has 3 saturated heterocycles. The molecule has 0 radical (unpaired) electrons. The molecule has 3 atom stereocenters. The van der Waals surface area contributed by atoms with Gasteiger partial charge in [0.2, 0.25) is 5.95 Å². The number of hydrogen-bond acceptors (Lipinski definition) is 5. The smallest absolute Gasteiger partial charge is 0.257 e. The highest BCUT2D eigenvalue weighted by atomic mass is 19.1. The number of ether oxygens (including phenoxy) is 1. The molecule has 1 aromatic carbocycles. The van der Waals surface area contributed by atoms with Gasteiger partial charge in [0, 0.05) is 32.0 Å². The SMILES string of the molecule is CC(F)c1nc(N2CCC3(CC2)O[C@@H]2CC[C@@H](c4cc(F)cc(F)c4)N2C3=O)ncc1F. The largest absolute Gasteiger partial charge is 0.342 e. The number of amides is 1. The first kappa shape index (κ1) is 21.1. The van der Waals surface area contributed by atoms with Gasteiger partial charge in [-0.2, -0.15) is 0 Å². The van der Waals surface area contributed by atoms with Crippen molar-refractivity contribution in [2.75, 3.05) is 18.0 Å². The topological polar surface area (TPSA) is 58.6 Å². The predicted molar refractivity (Wildman–Crippen MR) is 106 cm³/mol. The normalized spacial score (nSPS) is 25.5. The Hall–Kier alpha value is -2.75. The van der Waals surface area contributed by atoms with Gasteiger partial charge in [-0.25, -0.2) is 27.5 Å². The number of halogens is 4. The van der Waals surface area contributed by atoms with Crippen molar-refractivity contribution in [1.82, 2.24) is 14.9 Å². The molecule has 3 fully saturated rings. The number of fused-ring (bicyclic) bond motifs is 1. The number of carbonyl (C=O) groups is 1. The lowest BCUT2D eigenvalue weighted by Crippen LogP contribution is -2.50. The van der Waals surface area contributed by atoms with Crippen LogP contribution in [0.15, 0.2) is 24.4 Å². The van der Waals surface area contributed by atoms with E-state index >= 15 is 0 Å². The van der Waals surface area contributed by atoms with Crippen molar-refractivity contribution in [2.45, 2.75) is 56.6 Å². The Morgan fingerprint density at radius 1 is 1.12 bits per heavy atom. The first-order valence-corrected chi connectivity index (χ1v) is 10.7. The Kier molecular flexibility index (Phi) is 5.07. The Morgan fingerprint density at radius 2 is 1.81 bits per heavy atom. The van der Waals surface area contributed by atoms with Crippen molar-refractivity contribution >= 4 is 11.9 Å². The summed E-state index contributed by atoms with van der Waals surface area (Å²) < 4.78 is 61.0. The molecule has 1 aromatic heterocycles. The standard InChI is InChI=1S/C22H22F4N4O2/c1-12(23)19-16(26)11-27-21(28-19)29-6-4-22(5-7-29)20(31)30-17(2-3-18(30)32-22)13-8-14(24)10-15(25)9-13/h8-12,17-18H,2-7H2,1H3/t12?,17-,18+/m0/s1. The van der Waals surface area contributed by atoms with Gasteiger partial charge in [-0.3, -0.25) is 4.79 Å². The summed E-state index contributed by atoms with van der Waals surface area (Å²) in [5, 5.41) is 0. The maximum Gasteiger partial charge on any atom is 0.257 e. The van der Waals surface area contributed by atoms with E-state index in [0.29, 0.717) is 44.3 Å². The van der Waals surface area contributed by atoms with Crippen molar-refractivity contribution in [3.8, 4) is 0 Å². The minimum Gasteiger partial charge on any atom is -0.342 e. The molecular weight excluding hydrogens is 428 g/mol. The minimum atomic E-state index is -1.57. The third-order valence-electron chi connectivity index (χ3n) is 6.58. The zero-order chi connectivity index (χ0) is 22.6. The lowest BCUT2D eigenvalue weighted by molar-refractivity contribution is -0.140. The Balaban J connectivity index is 1.33. The van der Waals surface area contributed by atoms with Crippen molar-refractivity contribution in [3.05, 3.63) is 53.1 Å². The van der Waals surface area contributed by atoms with Crippen LogP contribution in [0.1, 0.15) is 56.1 Å². The number of nitrogens with zero attached hydrogens (tertiary/aromatic N) is 4. The first-order valence-electron chi connectivity index (χ1n) is 10.7. The molecule has 0 saturated carbocycles. The molecule has 0 bridgehead atoms. The van der Waals surface area contributed by atoms with Gasteiger partial charge in [-0.15, -0.1) is 0 Å². The average Bonchev–Trinajstić information content (AvgIpc) is 3.26. The van der Waals surface area contributed by atoms with Gasteiger partial charge < -0.3 is 14.5 Å². The number of hydrogen-bond donors (Lipinski definition) is 0. The number of benzene rings is 1. The second-order valence-corrected chi connectivity index (χ2v) is 8.58. The van der Waals surface area contributed by atoms with E-state index in [4.69, 9.17) is 4.74 Å². The predicted octanol–water partition coefficient (Wildman–Crippen LogP) is 3.98. The summed E-state index contributed by atoms with van der Waals surface area (Å²) in [7, 11) is 0. The number of carbonyl (C=O) groups excluding carboxylic acids is 1. The third-order valence-corrected chi connectivity index (χ3v) is 6.58. The van der Waals surface area contributed by atoms with E-state index in [9.17, 15) is 22.4 Å². The molecule has 32 heavy (non-hydrogen) atoms. The average molecular weight is 450 g/mol. The molecule has 170 valence electrons. The van der Waals surface area contributed by atoms with Crippen LogP contribution < -0.4 is 4.90 Å². The van der Waals surface area contributed by atoms with E-state index in [0.717, 1.165) is 12.3 Å². The molecule has 5 rings (SSSR count). The van der Waals surface area contributed by atoms with E-state index in [-0.39, 0.29) is 17.5 Å². The summed E-state index contributed by atoms with van der Waals surface area (Å²) in [6.45, 7) is 1.95. The zero-order valence-electron chi connectivity index (χ0n) is 17.4. The first-order chi connectivity index (χ1) is 15.3. The van der Waals surface area contributed by atoms with Gasteiger partial charge in [0.05, 0.1) is 12.2 Å². The lowest BCUT2D eigenvalue weighted by atomic mass is 9.89. The van der Waals surface area contributed by atoms with Crippen molar-refractivity contribution in [3.63, 3.8) is 0 Å². The molecule has 4 heterocycles. The van der Waals surface area contributed by atoms with Crippen LogP contribution in [0.5, 0.6) is 0 Å². The van der Waals surface area contributed by atoms with E-state index in [1.165, 1.54) is 19.1 Å². The van der Waals surface area contributed by atoms with Gasteiger partial charge in [-0.05, 0) is 37.5 Å². The van der Waals surface area contributed by atoms with Crippen LogP contribution in [0.2, 0.25) is 0 Å². The molecule has 6 nitrogen and oxygen atoms in total. The van der Waals surface area contributed by atoms with E-state index in [1.54, 1.807) is 9.80 Å². The van der Waals surface area contributed by atoms with Crippen molar-refractivity contribution in [1.29, 1.82) is 0 Å². The van der Waals surface area contributed by atoms with Crippen LogP contribution in [-0.4, -0.2) is 45.7 Å². The summed E-state index contributed by atoms with van der Waals surface area (Å²) in [4.78, 5) is 24.8. The highest BCUT2D eigenvalue weighted by molar-refractivity contribution is 5.88. The maximum atomic E-state index is 13.7. The Bertz CT molecular complexity index is 1040. The number of alkyl halides is 1. The van der Waals surface area contributed by atoms with Gasteiger partial charge in [0.1, 0.15) is 29.7 Å². The van der Waals surface area contributed by atoms with Crippen LogP contribution >= 0.6 is 0 Å². The summed E-state index contributed by atoms with van der Waals surface area (Å²) in [6.07, 6.45) is 0.798. The fourth-order valence-electron chi connectivity index (χ4n) is 5.01. The molecule has 0 aliphatic carbocycles. The van der Waals surface area contributed by atoms with Crippen LogP contribution in [0.3, 0.4) is 0 Å². The molecule has 1 spiro atoms. The minimum absolute atomic E-state index is 0.188. The van der Waals surface area contributed by atoms with E-state index in [2.05, 4.69) is 9.97 Å². The fraction of sp³-hybridized carbons (Fsp3) is 0.500. The second-order valence-electron chi connectivity index (χ2n) is 8.58. The van der Waals surface area contributed by atoms with Gasteiger partial charge in [0.15, 0.2) is 11.4 Å². The number of rotatable bonds is 3. The summed E-state index contributed by atoms with van der Waals surface area (Å²) >= 11 is 0. The summed E-state index contributed by atoms with van der Waals surface area (Å²) in [6, 6.07) is 2.88. The fourth-order valence-corrected chi connectivity index (χ4v) is 5.01. The van der Waals surface area contributed by atoms with Gasteiger partial charge in [-0.1, -0.05) is 0 Å². The Labute approximate surface area is 182 Å². The molecular formula is C22H22F4N4O2. The highest BCUT2D eigenvalue weighted by Crippen LogP contribution is 2.48. The molecule has 10 heteroatoms. The van der Waals surface area contributed by atoms with Gasteiger partial charge >= 0.3 is 0 Å². The quantitative estimate of drug-likeness (QED) is 0.662. The van der Waals surface area contributed by atoms with Crippen LogP contribution in [0.25, 0.3) is 0 Å². The molecule has 1 amide bonds. The number of aromatic nitrogens is 2. The second kappa shape index (κ2) is 7.68. The molecule has 0 N–H and O–H groups in total. The summed E-state index contributed by atoms with van der Waals surface area (Å²) in [5.41, 5.74) is -0.902. The molecule has 3 aliphatic rings.